The highest BCUT2D eigenvalue weighted by Crippen LogP contribution is 2.19. The first-order chi connectivity index (χ1) is 16.2. The molecule has 0 atom stereocenters. The summed E-state index contributed by atoms with van der Waals surface area (Å²) >= 11 is 0. The van der Waals surface area contributed by atoms with E-state index in [0.717, 1.165) is 33.5 Å². The predicted octanol–water partition coefficient (Wildman–Crippen LogP) is 4.88. The maximum Gasteiger partial charge on any atom is 0.251 e. The number of rotatable bonds is 8. The van der Waals surface area contributed by atoms with Crippen LogP contribution in [0, 0.1) is 6.92 Å². The molecular weight excluding hydrogens is 412 g/mol. The average Bonchev–Trinajstić information content (AvgIpc) is 3.45. The Kier molecular flexibility index (Phi) is 5.81. The number of fused-ring (bicyclic) bond motifs is 2. The molecular formula is C27H26N4O2. The fourth-order valence-corrected chi connectivity index (χ4v) is 4.12. The molecule has 0 saturated heterocycles. The number of carbonyl (C=O) groups is 1. The van der Waals surface area contributed by atoms with Crippen molar-refractivity contribution < 1.29 is 9.53 Å². The van der Waals surface area contributed by atoms with E-state index in [1.807, 2.05) is 72.9 Å². The second-order valence-electron chi connectivity index (χ2n) is 8.08. The zero-order chi connectivity index (χ0) is 22.6. The quantitative estimate of drug-likeness (QED) is 0.363. The van der Waals surface area contributed by atoms with Gasteiger partial charge in [0.15, 0.2) is 0 Å². The highest BCUT2D eigenvalue weighted by molar-refractivity contribution is 6.06. The van der Waals surface area contributed by atoms with Crippen LogP contribution in [0.15, 0.2) is 79.0 Å². The molecule has 1 amide bonds. The first-order valence-corrected chi connectivity index (χ1v) is 11.2. The van der Waals surface area contributed by atoms with Crippen LogP contribution in [-0.2, 0) is 13.0 Å². The summed E-state index contributed by atoms with van der Waals surface area (Å²) in [5.74, 6) is 1.71. The van der Waals surface area contributed by atoms with Crippen molar-refractivity contribution in [3.8, 4) is 5.75 Å². The molecule has 2 heterocycles. The van der Waals surface area contributed by atoms with Crippen LogP contribution in [0.2, 0.25) is 0 Å². The van der Waals surface area contributed by atoms with Gasteiger partial charge < -0.3 is 19.6 Å². The fourth-order valence-electron chi connectivity index (χ4n) is 4.12. The third kappa shape index (κ3) is 4.46. The van der Waals surface area contributed by atoms with Crippen LogP contribution in [0.1, 0.15) is 21.7 Å². The summed E-state index contributed by atoms with van der Waals surface area (Å²) in [6, 6.07) is 23.8. The number of hydrogen-bond donors (Lipinski definition) is 2. The molecule has 0 aliphatic carbocycles. The number of amides is 1. The van der Waals surface area contributed by atoms with Crippen LogP contribution in [0.25, 0.3) is 21.9 Å². The van der Waals surface area contributed by atoms with E-state index in [1.165, 1.54) is 5.56 Å². The Labute approximate surface area is 192 Å². The summed E-state index contributed by atoms with van der Waals surface area (Å²) in [7, 11) is 0. The van der Waals surface area contributed by atoms with Crippen molar-refractivity contribution in [2.75, 3.05) is 13.2 Å². The second kappa shape index (κ2) is 9.20. The molecule has 0 bridgehead atoms. The minimum Gasteiger partial charge on any atom is -0.492 e. The van der Waals surface area contributed by atoms with Crippen LogP contribution in [-0.4, -0.2) is 33.6 Å². The molecule has 0 spiro atoms. The third-order valence-corrected chi connectivity index (χ3v) is 5.81. The van der Waals surface area contributed by atoms with E-state index in [1.54, 1.807) is 0 Å². The van der Waals surface area contributed by atoms with E-state index in [2.05, 4.69) is 27.9 Å². The lowest BCUT2D eigenvalue weighted by molar-refractivity contribution is 0.0955. The highest BCUT2D eigenvalue weighted by atomic mass is 16.5. The summed E-state index contributed by atoms with van der Waals surface area (Å²) in [5, 5.41) is 3.98. The Hall–Kier alpha value is -4.06. The molecule has 0 saturated carbocycles. The number of para-hydroxylation sites is 2. The van der Waals surface area contributed by atoms with Crippen molar-refractivity contribution in [3.05, 3.63) is 95.9 Å². The van der Waals surface area contributed by atoms with Crippen molar-refractivity contribution in [2.24, 2.45) is 0 Å². The van der Waals surface area contributed by atoms with E-state index in [-0.39, 0.29) is 5.91 Å². The minimum atomic E-state index is -0.0782. The predicted molar refractivity (Wildman–Crippen MR) is 131 cm³/mol. The SMILES string of the molecule is Cc1ccc(OCCn2c(CCNC(=O)c3cccc4[nH]ccc34)nc3ccccc32)cc1. The molecule has 0 aliphatic heterocycles. The molecule has 0 fully saturated rings. The van der Waals surface area contributed by atoms with Gasteiger partial charge in [0.05, 0.1) is 17.6 Å². The highest BCUT2D eigenvalue weighted by Gasteiger charge is 2.13. The van der Waals surface area contributed by atoms with E-state index >= 15 is 0 Å². The van der Waals surface area contributed by atoms with Gasteiger partial charge in [-0.1, -0.05) is 35.9 Å². The Morgan fingerprint density at radius 3 is 2.76 bits per heavy atom. The van der Waals surface area contributed by atoms with E-state index in [0.29, 0.717) is 31.7 Å². The minimum absolute atomic E-state index is 0.0782. The number of aromatic nitrogens is 3. The number of aromatic amines is 1. The number of nitrogens with zero attached hydrogens (tertiary/aromatic N) is 2. The summed E-state index contributed by atoms with van der Waals surface area (Å²) in [6.07, 6.45) is 2.48. The van der Waals surface area contributed by atoms with Gasteiger partial charge in [-0.2, -0.15) is 0 Å². The summed E-state index contributed by atoms with van der Waals surface area (Å²) in [6.45, 7) is 3.78. The Morgan fingerprint density at radius 1 is 1.03 bits per heavy atom. The molecule has 166 valence electrons. The summed E-state index contributed by atoms with van der Waals surface area (Å²) < 4.78 is 8.13. The monoisotopic (exact) mass is 438 g/mol. The Morgan fingerprint density at radius 2 is 1.88 bits per heavy atom. The van der Waals surface area contributed by atoms with Gasteiger partial charge in [0, 0.05) is 35.6 Å². The molecule has 6 heteroatoms. The number of hydrogen-bond acceptors (Lipinski definition) is 3. The molecule has 5 rings (SSSR count). The molecule has 0 aliphatic rings. The second-order valence-corrected chi connectivity index (χ2v) is 8.08. The first-order valence-electron chi connectivity index (χ1n) is 11.2. The van der Waals surface area contributed by atoms with Crippen LogP contribution in [0.3, 0.4) is 0 Å². The molecule has 6 nitrogen and oxygen atoms in total. The van der Waals surface area contributed by atoms with Crippen LogP contribution < -0.4 is 10.1 Å². The molecule has 2 aromatic heterocycles. The molecule has 0 unspecified atom stereocenters. The lowest BCUT2D eigenvalue weighted by atomic mass is 10.1. The summed E-state index contributed by atoms with van der Waals surface area (Å²) in [5.41, 5.74) is 4.86. The van der Waals surface area contributed by atoms with Crippen molar-refractivity contribution in [1.82, 2.24) is 19.9 Å². The number of aryl methyl sites for hydroxylation is 1. The van der Waals surface area contributed by atoms with Crippen molar-refractivity contribution in [2.45, 2.75) is 19.9 Å². The number of imidazole rings is 1. The molecule has 2 N–H and O–H groups in total. The largest absolute Gasteiger partial charge is 0.492 e. The number of benzene rings is 3. The number of carbonyl (C=O) groups excluding carboxylic acids is 1. The van der Waals surface area contributed by atoms with Gasteiger partial charge in [-0.15, -0.1) is 0 Å². The van der Waals surface area contributed by atoms with Crippen LogP contribution in [0.4, 0.5) is 0 Å². The average molecular weight is 439 g/mol. The van der Waals surface area contributed by atoms with Gasteiger partial charge in [-0.25, -0.2) is 4.98 Å². The summed E-state index contributed by atoms with van der Waals surface area (Å²) in [4.78, 5) is 20.7. The van der Waals surface area contributed by atoms with Gasteiger partial charge in [-0.3, -0.25) is 4.79 Å². The zero-order valence-corrected chi connectivity index (χ0v) is 18.5. The Balaban J connectivity index is 1.27. The molecule has 3 aromatic carbocycles. The van der Waals surface area contributed by atoms with Crippen molar-refractivity contribution in [1.29, 1.82) is 0 Å². The smallest absolute Gasteiger partial charge is 0.251 e. The maximum absolute atomic E-state index is 12.8. The lowest BCUT2D eigenvalue weighted by Gasteiger charge is -2.12. The third-order valence-electron chi connectivity index (χ3n) is 5.81. The van der Waals surface area contributed by atoms with E-state index in [9.17, 15) is 4.79 Å². The lowest BCUT2D eigenvalue weighted by Crippen LogP contribution is -2.26. The Bertz CT molecular complexity index is 1400. The van der Waals surface area contributed by atoms with Crippen LogP contribution in [0.5, 0.6) is 5.75 Å². The molecule has 5 aromatic rings. The van der Waals surface area contributed by atoms with Crippen molar-refractivity contribution in [3.63, 3.8) is 0 Å². The van der Waals surface area contributed by atoms with Gasteiger partial charge in [0.1, 0.15) is 18.2 Å². The number of H-pyrrole nitrogens is 1. The van der Waals surface area contributed by atoms with Crippen molar-refractivity contribution >= 4 is 27.8 Å². The number of nitrogens with one attached hydrogen (secondary N) is 2. The zero-order valence-electron chi connectivity index (χ0n) is 18.5. The van der Waals surface area contributed by atoms with Crippen LogP contribution >= 0.6 is 0 Å². The van der Waals surface area contributed by atoms with Gasteiger partial charge >= 0.3 is 0 Å². The maximum atomic E-state index is 12.8. The number of ether oxygens (including phenoxy) is 1. The van der Waals surface area contributed by atoms with Gasteiger partial charge in [0.25, 0.3) is 5.91 Å². The van der Waals surface area contributed by atoms with E-state index < -0.39 is 0 Å². The topological polar surface area (TPSA) is 71.9 Å². The standard InChI is InChI=1S/C27H26N4O2/c1-19-9-11-20(12-10-19)33-18-17-31-25-8-3-2-6-24(25)30-26(31)14-16-29-27(32)22-5-4-7-23-21(22)13-15-28-23/h2-13,15,28H,14,16-18H2,1H3,(H,29,32). The van der Waals surface area contributed by atoms with Gasteiger partial charge in [0.2, 0.25) is 0 Å². The molecule has 0 radical (unpaired) electrons. The van der Waals surface area contributed by atoms with E-state index in [4.69, 9.17) is 9.72 Å². The normalized spacial score (nSPS) is 11.2. The first kappa shape index (κ1) is 20.8. The van der Waals surface area contributed by atoms with Gasteiger partial charge in [-0.05, 0) is 49.4 Å². The fraction of sp³-hybridized carbons (Fsp3) is 0.185. The molecule has 33 heavy (non-hydrogen) atoms.